The van der Waals surface area contributed by atoms with Crippen LogP contribution < -0.4 is 0 Å². The number of hydrogen-bond acceptors (Lipinski definition) is 6. The number of nitrogens with zero attached hydrogens (tertiary/aromatic N) is 3. The molecule has 19 heavy (non-hydrogen) atoms. The SMILES string of the molecule is CCC(O)c1noc(-c2ccc(C)c([N+](=O)[O-])c2)n1. The van der Waals surface area contributed by atoms with Crippen LogP contribution >= 0.6 is 0 Å². The zero-order valence-corrected chi connectivity index (χ0v) is 10.5. The first-order valence-corrected chi connectivity index (χ1v) is 5.80. The third-order valence-corrected chi connectivity index (χ3v) is 2.78. The van der Waals surface area contributed by atoms with Crippen molar-refractivity contribution in [1.82, 2.24) is 10.1 Å². The highest BCUT2D eigenvalue weighted by Crippen LogP contribution is 2.26. The van der Waals surface area contributed by atoms with Crippen molar-refractivity contribution >= 4 is 5.69 Å². The molecule has 0 radical (unpaired) electrons. The van der Waals surface area contributed by atoms with Gasteiger partial charge in [0.2, 0.25) is 5.82 Å². The standard InChI is InChI=1S/C12H13N3O4/c1-3-10(16)11-13-12(19-14-11)8-5-4-7(2)9(6-8)15(17)18/h4-6,10,16H,3H2,1-2H3. The Morgan fingerprint density at radius 3 is 2.89 bits per heavy atom. The number of aliphatic hydroxyl groups is 1. The number of aliphatic hydroxyl groups excluding tert-OH is 1. The monoisotopic (exact) mass is 263 g/mol. The number of aromatic nitrogens is 2. The zero-order valence-electron chi connectivity index (χ0n) is 10.5. The number of benzene rings is 1. The summed E-state index contributed by atoms with van der Waals surface area (Å²) in [6.45, 7) is 3.44. The van der Waals surface area contributed by atoms with Crippen LogP contribution in [0.25, 0.3) is 11.5 Å². The third kappa shape index (κ3) is 2.60. The lowest BCUT2D eigenvalue weighted by molar-refractivity contribution is -0.385. The molecule has 2 rings (SSSR count). The van der Waals surface area contributed by atoms with Crippen LogP contribution in [0.5, 0.6) is 0 Å². The van der Waals surface area contributed by atoms with Gasteiger partial charge < -0.3 is 9.63 Å². The van der Waals surface area contributed by atoms with E-state index < -0.39 is 11.0 Å². The maximum Gasteiger partial charge on any atom is 0.273 e. The van der Waals surface area contributed by atoms with E-state index in [-0.39, 0.29) is 17.4 Å². The van der Waals surface area contributed by atoms with E-state index in [1.807, 2.05) is 0 Å². The average Bonchev–Trinajstić information content (AvgIpc) is 2.87. The Bertz CT molecular complexity index is 609. The topological polar surface area (TPSA) is 102 Å². The molecule has 2 aromatic rings. The van der Waals surface area contributed by atoms with Crippen LogP contribution in [-0.4, -0.2) is 20.2 Å². The van der Waals surface area contributed by atoms with E-state index >= 15 is 0 Å². The third-order valence-electron chi connectivity index (χ3n) is 2.78. The molecule has 100 valence electrons. The van der Waals surface area contributed by atoms with Gasteiger partial charge in [0.15, 0.2) is 0 Å². The van der Waals surface area contributed by atoms with Crippen molar-refractivity contribution in [2.24, 2.45) is 0 Å². The lowest BCUT2D eigenvalue weighted by atomic mass is 10.1. The number of rotatable bonds is 4. The first-order valence-electron chi connectivity index (χ1n) is 5.80. The molecular weight excluding hydrogens is 250 g/mol. The molecule has 0 saturated heterocycles. The van der Waals surface area contributed by atoms with E-state index in [0.29, 0.717) is 17.5 Å². The van der Waals surface area contributed by atoms with Gasteiger partial charge in [0, 0.05) is 17.2 Å². The fourth-order valence-corrected chi connectivity index (χ4v) is 1.61. The Labute approximate surface area is 109 Å². The van der Waals surface area contributed by atoms with Crippen molar-refractivity contribution in [2.45, 2.75) is 26.4 Å². The van der Waals surface area contributed by atoms with Crippen LogP contribution in [0.15, 0.2) is 22.7 Å². The quantitative estimate of drug-likeness (QED) is 0.671. The van der Waals surface area contributed by atoms with Gasteiger partial charge in [-0.3, -0.25) is 10.1 Å². The van der Waals surface area contributed by atoms with Gasteiger partial charge >= 0.3 is 0 Å². The predicted octanol–water partition coefficient (Wildman–Crippen LogP) is 2.40. The van der Waals surface area contributed by atoms with Crippen molar-refractivity contribution < 1.29 is 14.6 Å². The van der Waals surface area contributed by atoms with E-state index in [9.17, 15) is 15.2 Å². The van der Waals surface area contributed by atoms with Crippen molar-refractivity contribution in [3.05, 3.63) is 39.7 Å². The first kappa shape index (κ1) is 13.2. The number of hydrogen-bond donors (Lipinski definition) is 1. The summed E-state index contributed by atoms with van der Waals surface area (Å²) in [6.07, 6.45) is -0.328. The second-order valence-electron chi connectivity index (χ2n) is 4.14. The van der Waals surface area contributed by atoms with E-state index in [1.54, 1.807) is 26.0 Å². The second kappa shape index (κ2) is 5.15. The Balaban J connectivity index is 2.39. The highest BCUT2D eigenvalue weighted by atomic mass is 16.6. The molecule has 0 bridgehead atoms. The molecule has 0 aliphatic rings. The minimum absolute atomic E-state index is 0.00621. The Morgan fingerprint density at radius 2 is 2.26 bits per heavy atom. The molecule has 0 amide bonds. The van der Waals surface area contributed by atoms with Crippen molar-refractivity contribution in [3.8, 4) is 11.5 Å². The van der Waals surface area contributed by atoms with Crippen molar-refractivity contribution in [3.63, 3.8) is 0 Å². The highest BCUT2D eigenvalue weighted by molar-refractivity contribution is 5.59. The minimum atomic E-state index is -0.794. The van der Waals surface area contributed by atoms with Crippen LogP contribution in [0.4, 0.5) is 5.69 Å². The fourth-order valence-electron chi connectivity index (χ4n) is 1.61. The summed E-state index contributed by atoms with van der Waals surface area (Å²) in [6, 6.07) is 4.66. The molecule has 1 heterocycles. The predicted molar refractivity (Wildman–Crippen MR) is 66.4 cm³/mol. The van der Waals surface area contributed by atoms with Crippen LogP contribution in [0.3, 0.4) is 0 Å². The van der Waals surface area contributed by atoms with Crippen LogP contribution in [0.1, 0.15) is 30.8 Å². The first-order chi connectivity index (χ1) is 9.02. The van der Waals surface area contributed by atoms with Gasteiger partial charge in [0.1, 0.15) is 6.10 Å². The van der Waals surface area contributed by atoms with Gasteiger partial charge in [-0.05, 0) is 19.4 Å². The average molecular weight is 263 g/mol. The van der Waals surface area contributed by atoms with Gasteiger partial charge in [-0.15, -0.1) is 0 Å². The highest BCUT2D eigenvalue weighted by Gasteiger charge is 2.18. The van der Waals surface area contributed by atoms with Crippen LogP contribution in [0, 0.1) is 17.0 Å². The maximum absolute atomic E-state index is 10.9. The molecular formula is C12H13N3O4. The molecule has 0 aliphatic carbocycles. The second-order valence-corrected chi connectivity index (χ2v) is 4.14. The number of nitro groups is 1. The molecule has 0 spiro atoms. The van der Waals surface area contributed by atoms with Gasteiger partial charge in [-0.1, -0.05) is 18.1 Å². The summed E-state index contributed by atoms with van der Waals surface area (Å²) < 4.78 is 5.00. The number of aryl methyl sites for hydroxylation is 1. The minimum Gasteiger partial charge on any atom is -0.385 e. The summed E-state index contributed by atoms with van der Waals surface area (Å²) in [5, 5.41) is 24.1. The van der Waals surface area contributed by atoms with Crippen LogP contribution in [-0.2, 0) is 0 Å². The van der Waals surface area contributed by atoms with Gasteiger partial charge in [-0.25, -0.2) is 0 Å². The fraction of sp³-hybridized carbons (Fsp3) is 0.333. The number of nitro benzene ring substituents is 1. The maximum atomic E-state index is 10.9. The molecule has 0 fully saturated rings. The molecule has 1 unspecified atom stereocenters. The summed E-state index contributed by atoms with van der Waals surface area (Å²) in [5.41, 5.74) is 1.01. The molecule has 7 nitrogen and oxygen atoms in total. The van der Waals surface area contributed by atoms with Gasteiger partial charge in [-0.2, -0.15) is 4.98 Å². The smallest absolute Gasteiger partial charge is 0.273 e. The zero-order chi connectivity index (χ0) is 14.0. The van der Waals surface area contributed by atoms with E-state index in [4.69, 9.17) is 4.52 Å². The Hall–Kier alpha value is -2.28. The van der Waals surface area contributed by atoms with E-state index in [2.05, 4.69) is 10.1 Å². The van der Waals surface area contributed by atoms with Crippen molar-refractivity contribution in [2.75, 3.05) is 0 Å². The summed E-state index contributed by atoms with van der Waals surface area (Å²) in [4.78, 5) is 14.4. The van der Waals surface area contributed by atoms with E-state index in [0.717, 1.165) is 0 Å². The largest absolute Gasteiger partial charge is 0.385 e. The Morgan fingerprint density at radius 1 is 1.53 bits per heavy atom. The summed E-state index contributed by atoms with van der Waals surface area (Å²) in [7, 11) is 0. The molecule has 7 heteroatoms. The molecule has 1 N–H and O–H groups in total. The van der Waals surface area contributed by atoms with Crippen LogP contribution in [0.2, 0.25) is 0 Å². The molecule has 1 aromatic heterocycles. The van der Waals surface area contributed by atoms with Gasteiger partial charge in [0.05, 0.1) is 4.92 Å². The van der Waals surface area contributed by atoms with Crippen molar-refractivity contribution in [1.29, 1.82) is 0 Å². The lowest BCUT2D eigenvalue weighted by Gasteiger charge is -1.99. The van der Waals surface area contributed by atoms with Gasteiger partial charge in [0.25, 0.3) is 11.6 Å². The molecule has 0 aliphatic heterocycles. The molecule has 0 saturated carbocycles. The van der Waals surface area contributed by atoms with E-state index in [1.165, 1.54) is 6.07 Å². The Kier molecular flexibility index (Phi) is 3.57. The summed E-state index contributed by atoms with van der Waals surface area (Å²) >= 11 is 0. The lowest BCUT2D eigenvalue weighted by Crippen LogP contribution is -1.97. The summed E-state index contributed by atoms with van der Waals surface area (Å²) in [5.74, 6) is 0.339. The molecule has 1 atom stereocenters. The molecule has 1 aromatic carbocycles. The normalized spacial score (nSPS) is 12.4.